The summed E-state index contributed by atoms with van der Waals surface area (Å²) < 4.78 is 12.5. The van der Waals surface area contributed by atoms with Crippen LogP contribution < -0.4 is 0 Å². The predicted octanol–water partition coefficient (Wildman–Crippen LogP) is 7.27. The molecule has 0 spiro atoms. The van der Waals surface area contributed by atoms with Crippen LogP contribution in [0.5, 0.6) is 0 Å². The summed E-state index contributed by atoms with van der Waals surface area (Å²) in [6, 6.07) is 3.72. The number of hydrogen-bond donors (Lipinski definition) is 1. The first-order chi connectivity index (χ1) is 18.4. The average Bonchev–Trinajstić information content (AvgIpc) is 3.68. The van der Waals surface area contributed by atoms with E-state index in [1.165, 1.54) is 0 Å². The van der Waals surface area contributed by atoms with E-state index < -0.39 is 5.97 Å². The molecule has 3 aromatic heterocycles. The number of ether oxygens (including phenoxy) is 1. The number of allylic oxidation sites excluding steroid dienone is 1. The van der Waals surface area contributed by atoms with Crippen LogP contribution in [0, 0.1) is 5.41 Å². The molecule has 7 nitrogen and oxygen atoms in total. The highest BCUT2D eigenvalue weighted by Crippen LogP contribution is 2.55. The normalized spacial score (nSPS) is 24.8. The molecule has 2 bridgehead atoms. The lowest BCUT2D eigenvalue weighted by Crippen LogP contribution is -2.46. The smallest absolute Gasteiger partial charge is 0.309 e. The molecule has 198 valence electrons. The van der Waals surface area contributed by atoms with Crippen molar-refractivity contribution in [3.63, 3.8) is 0 Å². The van der Waals surface area contributed by atoms with Crippen LogP contribution >= 0.6 is 23.2 Å². The van der Waals surface area contributed by atoms with Gasteiger partial charge in [-0.3, -0.25) is 14.8 Å². The molecule has 4 aliphatic rings. The fourth-order valence-corrected chi connectivity index (χ4v) is 6.44. The number of halogens is 2. The van der Waals surface area contributed by atoms with E-state index in [1.807, 2.05) is 6.07 Å². The van der Waals surface area contributed by atoms with Crippen molar-refractivity contribution in [3.05, 3.63) is 69.4 Å². The maximum absolute atomic E-state index is 10.9. The number of fused-ring (bicyclic) bond motifs is 3. The molecule has 0 amide bonds. The van der Waals surface area contributed by atoms with Gasteiger partial charge in [0.15, 0.2) is 0 Å². The molecule has 0 aromatic carbocycles. The van der Waals surface area contributed by atoms with Crippen molar-refractivity contribution < 1.29 is 19.2 Å². The van der Waals surface area contributed by atoms with Gasteiger partial charge in [0, 0.05) is 35.6 Å². The van der Waals surface area contributed by atoms with Gasteiger partial charge in [0.25, 0.3) is 0 Å². The van der Waals surface area contributed by atoms with E-state index in [0.717, 1.165) is 68.3 Å². The van der Waals surface area contributed by atoms with Crippen molar-refractivity contribution in [2.24, 2.45) is 5.41 Å². The van der Waals surface area contributed by atoms with Crippen LogP contribution in [0.25, 0.3) is 17.3 Å². The molecule has 4 fully saturated rings. The summed E-state index contributed by atoms with van der Waals surface area (Å²) in [6.45, 7) is 0.427. The topological polar surface area (TPSA) is 98.3 Å². The molecule has 0 radical (unpaired) electrons. The van der Waals surface area contributed by atoms with Crippen LogP contribution in [0.2, 0.25) is 10.0 Å². The van der Waals surface area contributed by atoms with Crippen molar-refractivity contribution in [1.29, 1.82) is 0 Å². The molecule has 38 heavy (non-hydrogen) atoms. The first-order valence-electron chi connectivity index (χ1n) is 13.1. The van der Waals surface area contributed by atoms with E-state index in [4.69, 9.17) is 37.6 Å². The molecule has 0 atom stereocenters. The van der Waals surface area contributed by atoms with E-state index in [9.17, 15) is 4.79 Å². The lowest BCUT2D eigenvalue weighted by molar-refractivity contribution is -0.136. The average molecular weight is 554 g/mol. The minimum absolute atomic E-state index is 0.0584. The number of aliphatic carboxylic acids is 1. The van der Waals surface area contributed by atoms with Gasteiger partial charge in [-0.25, -0.2) is 0 Å². The number of carboxylic acid groups (broad SMARTS) is 1. The molecule has 0 aliphatic heterocycles. The van der Waals surface area contributed by atoms with Crippen LogP contribution in [0.4, 0.5) is 0 Å². The van der Waals surface area contributed by atoms with E-state index in [1.54, 1.807) is 24.7 Å². The molecular formula is C29H29Cl2N3O4. The molecule has 4 saturated carbocycles. The van der Waals surface area contributed by atoms with Gasteiger partial charge in [0.2, 0.25) is 0 Å². The fraction of sp³-hybridized carbons (Fsp3) is 0.448. The van der Waals surface area contributed by atoms with Gasteiger partial charge in [0.05, 0.1) is 34.4 Å². The highest BCUT2D eigenvalue weighted by Gasteiger charge is 2.48. The standard InChI is InChI=1S/C29H29Cl2N3O4/c30-22-15-32-16-23(31)25(22)26-21(27(38-34-26)19-2-3-19)17-37-29-10-7-28(8-11-29,9-12-29)6-5-18-1-4-20(33-14-18)13-24(35)36/h1,4-6,14-16,19H,2-3,7-13,17H2,(H,35,36). The molecule has 4 aliphatic carbocycles. The van der Waals surface area contributed by atoms with Crippen molar-refractivity contribution in [2.45, 2.75) is 75.9 Å². The Morgan fingerprint density at radius 3 is 2.39 bits per heavy atom. The van der Waals surface area contributed by atoms with E-state index in [2.05, 4.69) is 27.3 Å². The molecular weight excluding hydrogens is 525 g/mol. The number of rotatable bonds is 9. The third-order valence-corrected chi connectivity index (χ3v) is 9.00. The maximum atomic E-state index is 10.9. The summed E-state index contributed by atoms with van der Waals surface area (Å²) in [5, 5.41) is 14.2. The number of pyridine rings is 2. The zero-order chi connectivity index (χ0) is 26.3. The Kier molecular flexibility index (Phi) is 6.79. The van der Waals surface area contributed by atoms with E-state index in [0.29, 0.717) is 39.5 Å². The zero-order valence-corrected chi connectivity index (χ0v) is 22.5. The fourth-order valence-electron chi connectivity index (χ4n) is 5.90. The summed E-state index contributed by atoms with van der Waals surface area (Å²) >= 11 is 12.9. The minimum atomic E-state index is -0.872. The monoisotopic (exact) mass is 553 g/mol. The zero-order valence-electron chi connectivity index (χ0n) is 21.0. The Bertz CT molecular complexity index is 1340. The first kappa shape index (κ1) is 25.5. The van der Waals surface area contributed by atoms with Crippen LogP contribution in [0.3, 0.4) is 0 Å². The maximum Gasteiger partial charge on any atom is 0.309 e. The largest absolute Gasteiger partial charge is 0.481 e. The number of aromatic nitrogens is 3. The second kappa shape index (κ2) is 10.1. The third kappa shape index (κ3) is 5.12. The number of nitrogens with zero attached hydrogens (tertiary/aromatic N) is 3. The first-order valence-corrected chi connectivity index (χ1v) is 13.9. The SMILES string of the molecule is O=C(O)Cc1ccc(C=CC23CCC(OCc4c(-c5c(Cl)cncc5Cl)noc4C4CC4)(CC2)CC3)cn1. The summed E-state index contributed by atoms with van der Waals surface area (Å²) in [6.07, 6.45) is 17.7. The van der Waals surface area contributed by atoms with Crippen LogP contribution in [0.1, 0.15) is 79.9 Å². The summed E-state index contributed by atoms with van der Waals surface area (Å²) in [7, 11) is 0. The van der Waals surface area contributed by atoms with Gasteiger partial charge in [-0.05, 0) is 68.4 Å². The second-order valence-electron chi connectivity index (χ2n) is 10.9. The van der Waals surface area contributed by atoms with Crippen LogP contribution in [-0.2, 0) is 22.6 Å². The van der Waals surface area contributed by atoms with Gasteiger partial charge in [-0.2, -0.15) is 0 Å². The number of carboxylic acids is 1. The van der Waals surface area contributed by atoms with Gasteiger partial charge >= 0.3 is 5.97 Å². The molecule has 9 heteroatoms. The van der Waals surface area contributed by atoms with Crippen molar-refractivity contribution in [2.75, 3.05) is 0 Å². The lowest BCUT2D eigenvalue weighted by Gasteiger charge is -2.52. The molecule has 3 heterocycles. The van der Waals surface area contributed by atoms with Crippen LogP contribution in [0.15, 0.2) is 41.3 Å². The van der Waals surface area contributed by atoms with Gasteiger partial charge < -0.3 is 14.4 Å². The Balaban J connectivity index is 1.14. The summed E-state index contributed by atoms with van der Waals surface area (Å²) in [5.74, 6) is 0.408. The highest BCUT2D eigenvalue weighted by atomic mass is 35.5. The predicted molar refractivity (Wildman–Crippen MR) is 144 cm³/mol. The Labute approximate surface area is 231 Å². The second-order valence-corrected chi connectivity index (χ2v) is 11.8. The van der Waals surface area contributed by atoms with Crippen molar-refractivity contribution in [3.8, 4) is 11.3 Å². The Morgan fingerprint density at radius 1 is 1.08 bits per heavy atom. The number of carbonyl (C=O) groups is 1. The Hall–Kier alpha value is -2.74. The summed E-state index contributed by atoms with van der Waals surface area (Å²) in [5.41, 5.74) is 3.86. The molecule has 0 saturated heterocycles. The molecule has 7 rings (SSSR count). The third-order valence-electron chi connectivity index (χ3n) is 8.42. The molecule has 0 unspecified atom stereocenters. The summed E-state index contributed by atoms with van der Waals surface area (Å²) in [4.78, 5) is 19.2. The van der Waals surface area contributed by atoms with E-state index in [-0.39, 0.29) is 17.4 Å². The van der Waals surface area contributed by atoms with Crippen LogP contribution in [-0.4, -0.2) is 31.8 Å². The van der Waals surface area contributed by atoms with Crippen molar-refractivity contribution in [1.82, 2.24) is 15.1 Å². The highest BCUT2D eigenvalue weighted by molar-refractivity contribution is 6.38. The van der Waals surface area contributed by atoms with Gasteiger partial charge in [-0.1, -0.05) is 46.6 Å². The quantitative estimate of drug-likeness (QED) is 0.297. The lowest BCUT2D eigenvalue weighted by atomic mass is 9.58. The molecule has 1 N–H and O–H groups in total. The van der Waals surface area contributed by atoms with Gasteiger partial charge in [-0.15, -0.1) is 0 Å². The number of hydrogen-bond acceptors (Lipinski definition) is 6. The van der Waals surface area contributed by atoms with E-state index >= 15 is 0 Å². The van der Waals surface area contributed by atoms with Crippen molar-refractivity contribution >= 4 is 35.2 Å². The Morgan fingerprint density at radius 2 is 1.79 bits per heavy atom. The minimum Gasteiger partial charge on any atom is -0.481 e. The van der Waals surface area contributed by atoms with Gasteiger partial charge in [0.1, 0.15) is 11.5 Å². The molecule has 3 aromatic rings.